The average Bonchev–Trinajstić information content (AvgIpc) is 1.85. The molecule has 1 fully saturated rings. The van der Waals surface area contributed by atoms with E-state index in [1.807, 2.05) is 0 Å². The number of aliphatic hydroxyl groups is 1. The van der Waals surface area contributed by atoms with Gasteiger partial charge in [0.05, 0.1) is 12.5 Å². The number of carbonyl (C=O) groups excluding carboxylic acids is 1. The Bertz CT molecular complexity index is 189. The van der Waals surface area contributed by atoms with Gasteiger partial charge in [-0.15, -0.1) is 6.42 Å². The molecule has 0 unspecified atom stereocenters. The summed E-state index contributed by atoms with van der Waals surface area (Å²) in [6.07, 6.45) is 6.16. The highest BCUT2D eigenvalue weighted by atomic mass is 16.3. The fraction of sp³-hybridized carbons (Fsp3) is 0.625. The normalized spacial score (nSPS) is 28.4. The molecule has 11 heavy (non-hydrogen) atoms. The van der Waals surface area contributed by atoms with Crippen molar-refractivity contribution >= 4 is 5.91 Å². The molecule has 1 aliphatic rings. The van der Waals surface area contributed by atoms with Crippen LogP contribution in [0.15, 0.2) is 0 Å². The van der Waals surface area contributed by atoms with Crippen molar-refractivity contribution in [3.8, 4) is 12.3 Å². The molecule has 0 aromatic carbocycles. The maximum absolute atomic E-state index is 10.8. The summed E-state index contributed by atoms with van der Waals surface area (Å²) in [7, 11) is 0. The first kappa shape index (κ1) is 8.09. The number of amides is 1. The molecule has 1 saturated carbocycles. The van der Waals surface area contributed by atoms with Crippen molar-refractivity contribution in [3.05, 3.63) is 0 Å². The quantitative estimate of drug-likeness (QED) is 0.533. The third-order valence-corrected chi connectivity index (χ3v) is 1.74. The van der Waals surface area contributed by atoms with E-state index in [0.29, 0.717) is 12.8 Å². The topological polar surface area (TPSA) is 49.3 Å². The molecule has 60 valence electrons. The average molecular weight is 153 g/mol. The highest BCUT2D eigenvalue weighted by Crippen LogP contribution is 2.19. The van der Waals surface area contributed by atoms with E-state index >= 15 is 0 Å². The first-order chi connectivity index (χ1) is 5.22. The Labute approximate surface area is 65.8 Å². The zero-order chi connectivity index (χ0) is 8.27. The van der Waals surface area contributed by atoms with E-state index in [-0.39, 0.29) is 24.5 Å². The van der Waals surface area contributed by atoms with E-state index in [0.717, 1.165) is 0 Å². The number of carbonyl (C=O) groups is 1. The summed E-state index contributed by atoms with van der Waals surface area (Å²) >= 11 is 0. The van der Waals surface area contributed by atoms with Gasteiger partial charge < -0.3 is 10.4 Å². The number of nitrogens with one attached hydrogen (secondary N) is 1. The Morgan fingerprint density at radius 2 is 2.36 bits per heavy atom. The Morgan fingerprint density at radius 3 is 2.82 bits per heavy atom. The van der Waals surface area contributed by atoms with E-state index in [1.54, 1.807) is 0 Å². The summed E-state index contributed by atoms with van der Waals surface area (Å²) in [6, 6.07) is 0.144. The molecule has 1 amide bonds. The van der Waals surface area contributed by atoms with Gasteiger partial charge >= 0.3 is 0 Å². The largest absolute Gasteiger partial charge is 0.393 e. The number of hydrogen-bond donors (Lipinski definition) is 2. The van der Waals surface area contributed by atoms with Gasteiger partial charge in [0.25, 0.3) is 0 Å². The molecule has 3 nitrogen and oxygen atoms in total. The lowest BCUT2D eigenvalue weighted by atomic mass is 9.89. The van der Waals surface area contributed by atoms with Crippen LogP contribution in [0.2, 0.25) is 0 Å². The standard InChI is InChI=1S/C8H11NO2/c1-2-3-8(11)9-6-4-7(10)5-6/h1,6-7,10H,3-5H2,(H,9,11). The van der Waals surface area contributed by atoms with E-state index in [2.05, 4.69) is 11.2 Å². The van der Waals surface area contributed by atoms with Crippen LogP contribution in [0.3, 0.4) is 0 Å². The number of terminal acetylenes is 1. The Balaban J connectivity index is 2.13. The van der Waals surface area contributed by atoms with Gasteiger partial charge in [-0.25, -0.2) is 0 Å². The van der Waals surface area contributed by atoms with Gasteiger partial charge in [0.1, 0.15) is 0 Å². The van der Waals surface area contributed by atoms with E-state index < -0.39 is 0 Å². The molecule has 2 N–H and O–H groups in total. The van der Waals surface area contributed by atoms with Crippen molar-refractivity contribution in [1.82, 2.24) is 5.32 Å². The lowest BCUT2D eigenvalue weighted by Gasteiger charge is -2.31. The fourth-order valence-corrected chi connectivity index (χ4v) is 1.08. The first-order valence-electron chi connectivity index (χ1n) is 3.63. The smallest absolute Gasteiger partial charge is 0.232 e. The van der Waals surface area contributed by atoms with Crippen molar-refractivity contribution in [2.75, 3.05) is 0 Å². The van der Waals surface area contributed by atoms with Gasteiger partial charge in [0.15, 0.2) is 0 Å². The first-order valence-corrected chi connectivity index (χ1v) is 3.63. The Hall–Kier alpha value is -1.01. The van der Waals surface area contributed by atoms with Gasteiger partial charge in [0, 0.05) is 6.04 Å². The minimum atomic E-state index is -0.230. The molecule has 1 aliphatic carbocycles. The van der Waals surface area contributed by atoms with Gasteiger partial charge in [-0.3, -0.25) is 4.79 Å². The number of rotatable bonds is 2. The number of hydrogen-bond acceptors (Lipinski definition) is 2. The van der Waals surface area contributed by atoms with Crippen LogP contribution in [0.1, 0.15) is 19.3 Å². The SMILES string of the molecule is C#CCC(=O)NC1CC(O)C1. The molecular weight excluding hydrogens is 142 g/mol. The van der Waals surface area contributed by atoms with Crippen molar-refractivity contribution < 1.29 is 9.90 Å². The summed E-state index contributed by atoms with van der Waals surface area (Å²) in [5.74, 6) is 2.14. The zero-order valence-corrected chi connectivity index (χ0v) is 6.21. The minimum absolute atomic E-state index is 0.121. The van der Waals surface area contributed by atoms with Crippen molar-refractivity contribution in [2.24, 2.45) is 0 Å². The zero-order valence-electron chi connectivity index (χ0n) is 6.21. The molecule has 0 heterocycles. The third-order valence-electron chi connectivity index (χ3n) is 1.74. The summed E-state index contributed by atoms with van der Waals surface area (Å²) in [6.45, 7) is 0. The van der Waals surface area contributed by atoms with Crippen LogP contribution in [0.25, 0.3) is 0 Å². The van der Waals surface area contributed by atoms with Crippen LogP contribution in [-0.4, -0.2) is 23.2 Å². The molecule has 0 atom stereocenters. The molecular formula is C8H11NO2. The maximum atomic E-state index is 10.8. The maximum Gasteiger partial charge on any atom is 0.232 e. The van der Waals surface area contributed by atoms with Crippen LogP contribution in [0, 0.1) is 12.3 Å². The monoisotopic (exact) mass is 153 g/mol. The van der Waals surface area contributed by atoms with Crippen LogP contribution < -0.4 is 5.32 Å². The van der Waals surface area contributed by atoms with E-state index in [1.165, 1.54) is 0 Å². The van der Waals surface area contributed by atoms with Crippen molar-refractivity contribution in [3.63, 3.8) is 0 Å². The molecule has 0 radical (unpaired) electrons. The second-order valence-electron chi connectivity index (χ2n) is 2.77. The highest BCUT2D eigenvalue weighted by Gasteiger charge is 2.27. The highest BCUT2D eigenvalue weighted by molar-refractivity contribution is 5.78. The Morgan fingerprint density at radius 1 is 1.73 bits per heavy atom. The fourth-order valence-electron chi connectivity index (χ4n) is 1.08. The third kappa shape index (κ3) is 2.24. The molecule has 0 saturated heterocycles. The summed E-state index contributed by atoms with van der Waals surface area (Å²) in [5.41, 5.74) is 0. The molecule has 3 heteroatoms. The number of aliphatic hydroxyl groups excluding tert-OH is 1. The molecule has 0 aromatic heterocycles. The van der Waals surface area contributed by atoms with Gasteiger partial charge in [-0.1, -0.05) is 5.92 Å². The van der Waals surface area contributed by atoms with Gasteiger partial charge in [-0.2, -0.15) is 0 Å². The molecule has 0 aliphatic heterocycles. The predicted octanol–water partition coefficient (Wildman–Crippen LogP) is -0.351. The second-order valence-corrected chi connectivity index (χ2v) is 2.77. The van der Waals surface area contributed by atoms with Gasteiger partial charge in [-0.05, 0) is 12.8 Å². The minimum Gasteiger partial charge on any atom is -0.393 e. The van der Waals surface area contributed by atoms with Crippen LogP contribution in [-0.2, 0) is 4.79 Å². The second kappa shape index (κ2) is 3.40. The molecule has 0 spiro atoms. The van der Waals surface area contributed by atoms with Crippen LogP contribution >= 0.6 is 0 Å². The van der Waals surface area contributed by atoms with E-state index in [4.69, 9.17) is 11.5 Å². The Kier molecular flexibility index (Phi) is 2.50. The molecule has 1 rings (SSSR count). The lowest BCUT2D eigenvalue weighted by molar-refractivity contribution is -0.122. The summed E-state index contributed by atoms with van der Waals surface area (Å²) < 4.78 is 0. The predicted molar refractivity (Wildman–Crippen MR) is 40.6 cm³/mol. The van der Waals surface area contributed by atoms with Crippen LogP contribution in [0.4, 0.5) is 0 Å². The molecule has 0 aromatic rings. The lowest BCUT2D eigenvalue weighted by Crippen LogP contribution is -2.46. The summed E-state index contributed by atoms with van der Waals surface area (Å²) in [4.78, 5) is 10.8. The van der Waals surface area contributed by atoms with Crippen LogP contribution in [0.5, 0.6) is 0 Å². The summed E-state index contributed by atoms with van der Waals surface area (Å²) in [5, 5.41) is 11.6. The van der Waals surface area contributed by atoms with Gasteiger partial charge in [0.2, 0.25) is 5.91 Å². The molecule has 0 bridgehead atoms. The van der Waals surface area contributed by atoms with Crippen molar-refractivity contribution in [1.29, 1.82) is 0 Å². The van der Waals surface area contributed by atoms with E-state index in [9.17, 15) is 4.79 Å². The van der Waals surface area contributed by atoms with Crippen molar-refractivity contribution in [2.45, 2.75) is 31.4 Å².